The molecule has 0 aromatic heterocycles. The molecule has 0 saturated carbocycles. The van der Waals surface area contributed by atoms with E-state index in [4.69, 9.17) is 5.73 Å². The van der Waals surface area contributed by atoms with E-state index in [2.05, 4.69) is 32.3 Å². The molecular weight excluding hydrogens is 160 g/mol. The predicted octanol–water partition coefficient (Wildman–Crippen LogP) is 1.87. The first kappa shape index (κ1) is 12.7. The van der Waals surface area contributed by atoms with Gasteiger partial charge in [0.25, 0.3) is 0 Å². The number of hydrogen-bond acceptors (Lipinski definition) is 2. The third-order valence-electron chi connectivity index (χ3n) is 2.41. The molecule has 0 radical (unpaired) electrons. The van der Waals surface area contributed by atoms with E-state index in [1.807, 2.05) is 6.08 Å². The minimum atomic E-state index is 0.600. The van der Waals surface area contributed by atoms with E-state index < -0.39 is 0 Å². The first-order chi connectivity index (χ1) is 6.11. The Morgan fingerprint density at radius 1 is 1.38 bits per heavy atom. The summed E-state index contributed by atoms with van der Waals surface area (Å²) >= 11 is 0. The normalized spacial score (nSPS) is 13.7. The summed E-state index contributed by atoms with van der Waals surface area (Å²) in [6.07, 6.45) is 3.15. The molecule has 1 unspecified atom stereocenters. The molecule has 0 aromatic rings. The highest BCUT2D eigenvalue weighted by atomic mass is 15.1. The van der Waals surface area contributed by atoms with E-state index in [0.29, 0.717) is 12.0 Å². The van der Waals surface area contributed by atoms with Gasteiger partial charge in [-0.2, -0.15) is 0 Å². The van der Waals surface area contributed by atoms with Crippen molar-refractivity contribution in [1.82, 2.24) is 4.90 Å². The van der Waals surface area contributed by atoms with Crippen LogP contribution < -0.4 is 5.73 Å². The van der Waals surface area contributed by atoms with Crippen LogP contribution in [0.25, 0.3) is 0 Å². The molecule has 0 rings (SSSR count). The Labute approximate surface area is 82.8 Å². The Kier molecular flexibility index (Phi) is 6.92. The summed E-state index contributed by atoms with van der Waals surface area (Å²) < 4.78 is 0. The SMILES string of the molecule is C=CCN(CCC(C)CN)C(C)C. The third-order valence-corrected chi connectivity index (χ3v) is 2.41. The van der Waals surface area contributed by atoms with Gasteiger partial charge in [-0.25, -0.2) is 0 Å². The van der Waals surface area contributed by atoms with Crippen molar-refractivity contribution in [3.8, 4) is 0 Å². The zero-order valence-corrected chi connectivity index (χ0v) is 9.29. The van der Waals surface area contributed by atoms with Gasteiger partial charge in [0.2, 0.25) is 0 Å². The van der Waals surface area contributed by atoms with E-state index in [1.165, 1.54) is 6.42 Å². The Hall–Kier alpha value is -0.340. The molecule has 0 heterocycles. The molecule has 2 N–H and O–H groups in total. The van der Waals surface area contributed by atoms with Crippen LogP contribution in [0.5, 0.6) is 0 Å². The van der Waals surface area contributed by atoms with Gasteiger partial charge in [0.1, 0.15) is 0 Å². The van der Waals surface area contributed by atoms with Crippen molar-refractivity contribution in [2.45, 2.75) is 33.2 Å². The van der Waals surface area contributed by atoms with Crippen LogP contribution in [0.2, 0.25) is 0 Å². The molecule has 0 bridgehead atoms. The summed E-state index contributed by atoms with van der Waals surface area (Å²) in [4.78, 5) is 2.42. The molecule has 0 spiro atoms. The molecule has 0 fully saturated rings. The second-order valence-corrected chi connectivity index (χ2v) is 4.01. The van der Waals surface area contributed by atoms with Crippen molar-refractivity contribution < 1.29 is 0 Å². The first-order valence-corrected chi connectivity index (χ1v) is 5.16. The van der Waals surface area contributed by atoms with Crippen LogP contribution in [0.1, 0.15) is 27.2 Å². The van der Waals surface area contributed by atoms with Crippen molar-refractivity contribution in [3.63, 3.8) is 0 Å². The molecule has 78 valence electrons. The summed E-state index contributed by atoms with van der Waals surface area (Å²) in [5, 5.41) is 0. The van der Waals surface area contributed by atoms with Crippen LogP contribution in [0.15, 0.2) is 12.7 Å². The maximum absolute atomic E-state index is 5.57. The zero-order valence-electron chi connectivity index (χ0n) is 9.29. The molecular formula is C11H24N2. The average molecular weight is 184 g/mol. The summed E-state index contributed by atoms with van der Waals surface area (Å²) in [7, 11) is 0. The van der Waals surface area contributed by atoms with Gasteiger partial charge in [-0.3, -0.25) is 4.90 Å². The quantitative estimate of drug-likeness (QED) is 0.612. The average Bonchev–Trinajstić information content (AvgIpc) is 2.11. The summed E-state index contributed by atoms with van der Waals surface area (Å²) in [5.74, 6) is 0.631. The van der Waals surface area contributed by atoms with Gasteiger partial charge in [0.15, 0.2) is 0 Å². The standard InChI is InChI=1S/C11H24N2/c1-5-7-13(10(2)3)8-6-11(4)9-12/h5,10-11H,1,6-9,12H2,2-4H3. The minimum Gasteiger partial charge on any atom is -0.330 e. The van der Waals surface area contributed by atoms with Crippen LogP contribution >= 0.6 is 0 Å². The van der Waals surface area contributed by atoms with Gasteiger partial charge in [0.05, 0.1) is 0 Å². The fraction of sp³-hybridized carbons (Fsp3) is 0.818. The Morgan fingerprint density at radius 2 is 2.00 bits per heavy atom. The van der Waals surface area contributed by atoms with Crippen LogP contribution in [0.4, 0.5) is 0 Å². The highest BCUT2D eigenvalue weighted by Crippen LogP contribution is 2.05. The molecule has 1 atom stereocenters. The van der Waals surface area contributed by atoms with Gasteiger partial charge < -0.3 is 5.73 Å². The third kappa shape index (κ3) is 5.83. The van der Waals surface area contributed by atoms with Gasteiger partial charge in [0, 0.05) is 12.6 Å². The van der Waals surface area contributed by atoms with E-state index in [0.717, 1.165) is 19.6 Å². The van der Waals surface area contributed by atoms with Crippen LogP contribution in [0.3, 0.4) is 0 Å². The summed E-state index contributed by atoms with van der Waals surface area (Å²) in [6, 6.07) is 0.600. The molecule has 0 aliphatic heterocycles. The molecule has 2 nitrogen and oxygen atoms in total. The minimum absolute atomic E-state index is 0.600. The fourth-order valence-corrected chi connectivity index (χ4v) is 1.23. The van der Waals surface area contributed by atoms with Crippen molar-refractivity contribution in [3.05, 3.63) is 12.7 Å². The van der Waals surface area contributed by atoms with Crippen molar-refractivity contribution in [1.29, 1.82) is 0 Å². The van der Waals surface area contributed by atoms with Crippen LogP contribution in [-0.4, -0.2) is 30.6 Å². The van der Waals surface area contributed by atoms with Gasteiger partial charge in [-0.15, -0.1) is 6.58 Å². The van der Waals surface area contributed by atoms with Crippen molar-refractivity contribution >= 4 is 0 Å². The Balaban J connectivity index is 3.74. The zero-order chi connectivity index (χ0) is 10.3. The smallest absolute Gasteiger partial charge is 0.0163 e. The monoisotopic (exact) mass is 184 g/mol. The maximum atomic E-state index is 5.57. The lowest BCUT2D eigenvalue weighted by molar-refractivity contribution is 0.230. The van der Waals surface area contributed by atoms with Crippen LogP contribution in [0, 0.1) is 5.92 Å². The molecule has 0 saturated heterocycles. The number of nitrogens with two attached hydrogens (primary N) is 1. The maximum Gasteiger partial charge on any atom is 0.0163 e. The molecule has 0 aliphatic rings. The molecule has 0 aliphatic carbocycles. The Bertz CT molecular complexity index is 132. The van der Waals surface area contributed by atoms with Gasteiger partial charge in [-0.05, 0) is 39.3 Å². The first-order valence-electron chi connectivity index (χ1n) is 5.16. The largest absolute Gasteiger partial charge is 0.330 e. The number of rotatable bonds is 7. The lowest BCUT2D eigenvalue weighted by Crippen LogP contribution is -2.33. The van der Waals surface area contributed by atoms with Gasteiger partial charge in [-0.1, -0.05) is 13.0 Å². The lowest BCUT2D eigenvalue weighted by Gasteiger charge is -2.26. The Morgan fingerprint density at radius 3 is 2.38 bits per heavy atom. The topological polar surface area (TPSA) is 29.3 Å². The molecule has 0 aromatic carbocycles. The summed E-state index contributed by atoms with van der Waals surface area (Å²) in [5.41, 5.74) is 5.57. The van der Waals surface area contributed by atoms with E-state index in [1.54, 1.807) is 0 Å². The lowest BCUT2D eigenvalue weighted by atomic mass is 10.1. The fourth-order valence-electron chi connectivity index (χ4n) is 1.23. The van der Waals surface area contributed by atoms with Crippen molar-refractivity contribution in [2.24, 2.45) is 11.7 Å². The predicted molar refractivity (Wildman–Crippen MR) is 59.7 cm³/mol. The second-order valence-electron chi connectivity index (χ2n) is 4.01. The van der Waals surface area contributed by atoms with E-state index in [-0.39, 0.29) is 0 Å². The van der Waals surface area contributed by atoms with Crippen molar-refractivity contribution in [2.75, 3.05) is 19.6 Å². The molecule has 0 amide bonds. The van der Waals surface area contributed by atoms with Crippen LogP contribution in [-0.2, 0) is 0 Å². The highest BCUT2D eigenvalue weighted by molar-refractivity contribution is 4.76. The van der Waals surface area contributed by atoms with E-state index >= 15 is 0 Å². The van der Waals surface area contributed by atoms with E-state index in [9.17, 15) is 0 Å². The van der Waals surface area contributed by atoms with Gasteiger partial charge >= 0.3 is 0 Å². The molecule has 2 heteroatoms. The summed E-state index contributed by atoms with van der Waals surface area (Å²) in [6.45, 7) is 13.3. The highest BCUT2D eigenvalue weighted by Gasteiger charge is 2.08. The number of nitrogens with zero attached hydrogens (tertiary/aromatic N) is 1. The number of hydrogen-bond donors (Lipinski definition) is 1. The second kappa shape index (κ2) is 7.10. The molecule has 13 heavy (non-hydrogen) atoms.